The molecule has 3 heteroatoms. The van der Waals surface area contributed by atoms with Crippen LogP contribution >= 0.6 is 0 Å². The van der Waals surface area contributed by atoms with Crippen LogP contribution in [0.15, 0.2) is 0 Å². The molecule has 0 amide bonds. The molecule has 0 bridgehead atoms. The second kappa shape index (κ2) is 5.73. The molecule has 2 nitrogen and oxygen atoms in total. The molecule has 0 aliphatic carbocycles. The van der Waals surface area contributed by atoms with E-state index in [2.05, 4.69) is 27.7 Å². The number of hydrogen-bond acceptors (Lipinski definition) is 2. The van der Waals surface area contributed by atoms with Crippen molar-refractivity contribution in [1.82, 2.24) is 0 Å². The minimum Gasteiger partial charge on any atom is -0.415 e. The molecule has 2 N–H and O–H groups in total. The molecule has 1 atom stereocenters. The van der Waals surface area contributed by atoms with Crippen molar-refractivity contribution >= 4 is 9.04 Å². The summed E-state index contributed by atoms with van der Waals surface area (Å²) in [6.07, 6.45) is 1.13. The van der Waals surface area contributed by atoms with Crippen LogP contribution in [0.1, 0.15) is 34.1 Å². The van der Waals surface area contributed by atoms with E-state index in [0.29, 0.717) is 0 Å². The lowest BCUT2D eigenvalue weighted by atomic mass is 10.2. The van der Waals surface area contributed by atoms with E-state index < -0.39 is 9.04 Å². The molecule has 0 aromatic heterocycles. The molecule has 74 valence electrons. The Hall–Kier alpha value is 0.137. The maximum Gasteiger partial charge on any atom is 0.177 e. The molecule has 0 fully saturated rings. The first-order chi connectivity index (χ1) is 5.49. The van der Waals surface area contributed by atoms with Crippen LogP contribution in [0.2, 0.25) is 12.1 Å². The van der Waals surface area contributed by atoms with E-state index in [0.717, 1.165) is 13.0 Å². The molecule has 0 aromatic carbocycles. The molecule has 0 saturated heterocycles. The number of rotatable bonds is 5. The van der Waals surface area contributed by atoms with Crippen molar-refractivity contribution in [2.45, 2.75) is 51.8 Å². The summed E-state index contributed by atoms with van der Waals surface area (Å²) in [4.78, 5) is 0. The summed E-state index contributed by atoms with van der Waals surface area (Å²) in [5, 5.41) is 0. The van der Waals surface area contributed by atoms with Gasteiger partial charge in [0, 0.05) is 5.60 Å². The van der Waals surface area contributed by atoms with Gasteiger partial charge in [-0.05, 0) is 45.8 Å². The Morgan fingerprint density at radius 1 is 1.33 bits per heavy atom. The van der Waals surface area contributed by atoms with E-state index in [9.17, 15) is 0 Å². The fourth-order valence-electron chi connectivity index (χ4n) is 1.19. The lowest BCUT2D eigenvalue weighted by Crippen LogP contribution is -2.30. The second-order valence-electron chi connectivity index (χ2n) is 4.19. The third-order valence-electron chi connectivity index (χ3n) is 1.71. The predicted molar refractivity (Wildman–Crippen MR) is 56.9 cm³/mol. The summed E-state index contributed by atoms with van der Waals surface area (Å²) in [6.45, 7) is 9.41. The van der Waals surface area contributed by atoms with E-state index in [1.165, 1.54) is 12.1 Å². The summed E-state index contributed by atoms with van der Waals surface area (Å²) >= 11 is 0. The average Bonchev–Trinajstić information content (AvgIpc) is 1.95. The fourth-order valence-corrected chi connectivity index (χ4v) is 3.58. The fraction of sp³-hybridized carbons (Fsp3) is 1.00. The number of nitrogens with two attached hydrogens (primary N) is 1. The van der Waals surface area contributed by atoms with Gasteiger partial charge in [-0.1, -0.05) is 6.92 Å². The van der Waals surface area contributed by atoms with Crippen molar-refractivity contribution in [3.8, 4) is 0 Å². The molecule has 0 radical (unpaired) electrons. The standard InChI is InChI=1S/C9H23NOSi/c1-5-12(8-6-7-10)11-9(2,3)4/h12H,5-8,10H2,1-4H3. The monoisotopic (exact) mass is 189 g/mol. The Morgan fingerprint density at radius 2 is 1.92 bits per heavy atom. The summed E-state index contributed by atoms with van der Waals surface area (Å²) in [7, 11) is -0.936. The van der Waals surface area contributed by atoms with Gasteiger partial charge in [-0.25, -0.2) is 0 Å². The van der Waals surface area contributed by atoms with Gasteiger partial charge in [-0.2, -0.15) is 0 Å². The minimum absolute atomic E-state index is 0.0432. The Bertz CT molecular complexity index is 112. The van der Waals surface area contributed by atoms with E-state index >= 15 is 0 Å². The van der Waals surface area contributed by atoms with Crippen molar-refractivity contribution in [2.24, 2.45) is 5.73 Å². The predicted octanol–water partition coefficient (Wildman–Crippen LogP) is 1.89. The van der Waals surface area contributed by atoms with E-state index in [-0.39, 0.29) is 5.60 Å². The highest BCUT2D eigenvalue weighted by Crippen LogP contribution is 2.14. The summed E-state index contributed by atoms with van der Waals surface area (Å²) in [5.41, 5.74) is 5.51. The van der Waals surface area contributed by atoms with Crippen LogP contribution in [0.5, 0.6) is 0 Å². The van der Waals surface area contributed by atoms with Gasteiger partial charge in [-0.3, -0.25) is 0 Å². The Balaban J connectivity index is 3.67. The van der Waals surface area contributed by atoms with Gasteiger partial charge in [0.2, 0.25) is 0 Å². The van der Waals surface area contributed by atoms with Gasteiger partial charge in [0.15, 0.2) is 9.04 Å². The highest BCUT2D eigenvalue weighted by molar-refractivity contribution is 6.51. The van der Waals surface area contributed by atoms with Crippen LogP contribution in [0, 0.1) is 0 Å². The van der Waals surface area contributed by atoms with Crippen molar-refractivity contribution in [3.05, 3.63) is 0 Å². The van der Waals surface area contributed by atoms with Crippen molar-refractivity contribution in [1.29, 1.82) is 0 Å². The third kappa shape index (κ3) is 6.82. The van der Waals surface area contributed by atoms with Crippen LogP contribution in [0.25, 0.3) is 0 Å². The molecule has 0 aliphatic rings. The molecule has 0 aliphatic heterocycles. The van der Waals surface area contributed by atoms with Gasteiger partial charge in [-0.15, -0.1) is 0 Å². The van der Waals surface area contributed by atoms with Crippen LogP contribution in [0.4, 0.5) is 0 Å². The normalized spacial score (nSPS) is 14.8. The van der Waals surface area contributed by atoms with Crippen molar-refractivity contribution in [2.75, 3.05) is 6.54 Å². The molecular formula is C9H23NOSi. The molecular weight excluding hydrogens is 166 g/mol. The van der Waals surface area contributed by atoms with E-state index in [4.69, 9.17) is 10.2 Å². The molecule has 0 heterocycles. The molecule has 0 rings (SSSR count). The van der Waals surface area contributed by atoms with Gasteiger partial charge in [0.05, 0.1) is 0 Å². The van der Waals surface area contributed by atoms with Gasteiger partial charge in [0.25, 0.3) is 0 Å². The first kappa shape index (κ1) is 12.1. The third-order valence-corrected chi connectivity index (χ3v) is 4.71. The van der Waals surface area contributed by atoms with Gasteiger partial charge in [0.1, 0.15) is 0 Å². The van der Waals surface area contributed by atoms with Crippen LogP contribution in [-0.4, -0.2) is 21.2 Å². The molecule has 12 heavy (non-hydrogen) atoms. The summed E-state index contributed by atoms with van der Waals surface area (Å²) < 4.78 is 5.97. The first-order valence-corrected chi connectivity index (χ1v) is 6.98. The maximum absolute atomic E-state index is 5.97. The smallest absolute Gasteiger partial charge is 0.177 e. The minimum atomic E-state index is -0.936. The van der Waals surface area contributed by atoms with Crippen LogP contribution in [0.3, 0.4) is 0 Å². The zero-order valence-electron chi connectivity index (χ0n) is 8.89. The Labute approximate surface area is 78.2 Å². The second-order valence-corrected chi connectivity index (χ2v) is 7.06. The van der Waals surface area contributed by atoms with Crippen LogP contribution in [-0.2, 0) is 4.43 Å². The Kier molecular flexibility index (Phi) is 5.79. The molecule has 0 saturated carbocycles. The first-order valence-electron chi connectivity index (χ1n) is 4.87. The molecule has 0 spiro atoms. The van der Waals surface area contributed by atoms with Gasteiger partial charge < -0.3 is 10.2 Å². The highest BCUT2D eigenvalue weighted by Gasteiger charge is 2.17. The largest absolute Gasteiger partial charge is 0.415 e. The van der Waals surface area contributed by atoms with E-state index in [1.54, 1.807) is 0 Å². The van der Waals surface area contributed by atoms with Gasteiger partial charge >= 0.3 is 0 Å². The quantitative estimate of drug-likeness (QED) is 0.670. The topological polar surface area (TPSA) is 35.2 Å². The SMILES string of the molecule is CC[SiH](CCCN)OC(C)(C)C. The van der Waals surface area contributed by atoms with E-state index in [1.807, 2.05) is 0 Å². The maximum atomic E-state index is 5.97. The zero-order chi connectivity index (χ0) is 9.61. The zero-order valence-corrected chi connectivity index (χ0v) is 10.0. The average molecular weight is 189 g/mol. The lowest BCUT2D eigenvalue weighted by Gasteiger charge is -2.26. The van der Waals surface area contributed by atoms with Crippen LogP contribution < -0.4 is 5.73 Å². The van der Waals surface area contributed by atoms with Crippen molar-refractivity contribution < 1.29 is 4.43 Å². The summed E-state index contributed by atoms with van der Waals surface area (Å²) in [5.74, 6) is 0. The Morgan fingerprint density at radius 3 is 2.25 bits per heavy atom. The highest BCUT2D eigenvalue weighted by atomic mass is 28.3. The lowest BCUT2D eigenvalue weighted by molar-refractivity contribution is 0.128. The number of hydrogen-bond donors (Lipinski definition) is 1. The van der Waals surface area contributed by atoms with Crippen molar-refractivity contribution in [3.63, 3.8) is 0 Å². The molecule has 0 aromatic rings. The molecule has 1 unspecified atom stereocenters. The summed E-state index contributed by atoms with van der Waals surface area (Å²) in [6, 6.07) is 2.45.